The van der Waals surface area contributed by atoms with Gasteiger partial charge in [-0.3, -0.25) is 4.79 Å². The zero-order chi connectivity index (χ0) is 16.3. The van der Waals surface area contributed by atoms with Crippen LogP contribution in [0.4, 0.5) is 4.39 Å². The summed E-state index contributed by atoms with van der Waals surface area (Å²) in [4.78, 5) is 13.9. The summed E-state index contributed by atoms with van der Waals surface area (Å²) in [5.41, 5.74) is 1.99. The first-order valence-electron chi connectivity index (χ1n) is 7.30. The number of likely N-dealkylation sites (N-methyl/N-ethyl adjacent to an activating group) is 1. The number of carbonyl (C=O) groups is 1. The van der Waals surface area contributed by atoms with Gasteiger partial charge in [-0.2, -0.15) is 0 Å². The third-order valence-corrected chi connectivity index (χ3v) is 4.00. The summed E-state index contributed by atoms with van der Waals surface area (Å²) in [6.07, 6.45) is -0.696. The molecule has 1 saturated heterocycles. The van der Waals surface area contributed by atoms with Crippen molar-refractivity contribution in [3.63, 3.8) is 0 Å². The standard InChI is InChI=1S/C16H23FN2O3.ClH/c1-10-5-14(21-3)15(22-4)6-11(10)9-19(2)16(20)13-7-12(17)8-18-13;/h5-6,12-13,18H,7-9H2,1-4H3;1H/t12-,13+;/m0./s1. The van der Waals surface area contributed by atoms with Crippen LogP contribution >= 0.6 is 12.4 Å². The third-order valence-electron chi connectivity index (χ3n) is 4.00. The molecule has 1 N–H and O–H groups in total. The Hall–Kier alpha value is -1.53. The summed E-state index contributed by atoms with van der Waals surface area (Å²) in [6.45, 7) is 2.65. The molecular formula is C16H24ClFN2O3. The average molecular weight is 347 g/mol. The minimum absolute atomic E-state index is 0. The lowest BCUT2D eigenvalue weighted by molar-refractivity contribution is -0.132. The van der Waals surface area contributed by atoms with Crippen molar-refractivity contribution in [2.24, 2.45) is 0 Å². The Balaban J connectivity index is 0.00000264. The van der Waals surface area contributed by atoms with Gasteiger partial charge < -0.3 is 19.7 Å². The van der Waals surface area contributed by atoms with E-state index in [0.29, 0.717) is 18.0 Å². The number of hydrogen-bond donors (Lipinski definition) is 1. The number of alkyl halides is 1. The van der Waals surface area contributed by atoms with Gasteiger partial charge in [0.15, 0.2) is 11.5 Å². The molecular weight excluding hydrogens is 323 g/mol. The number of hydrogen-bond acceptors (Lipinski definition) is 4. The molecule has 0 bridgehead atoms. The van der Waals surface area contributed by atoms with E-state index in [0.717, 1.165) is 11.1 Å². The topological polar surface area (TPSA) is 50.8 Å². The van der Waals surface area contributed by atoms with Gasteiger partial charge in [0.2, 0.25) is 5.91 Å². The highest BCUT2D eigenvalue weighted by molar-refractivity contribution is 5.85. The number of halogens is 2. The molecule has 1 aromatic carbocycles. The molecule has 23 heavy (non-hydrogen) atoms. The molecule has 0 saturated carbocycles. The van der Waals surface area contributed by atoms with E-state index in [9.17, 15) is 9.18 Å². The maximum atomic E-state index is 13.2. The van der Waals surface area contributed by atoms with Crippen molar-refractivity contribution in [3.8, 4) is 11.5 Å². The molecule has 0 radical (unpaired) electrons. The Morgan fingerprint density at radius 3 is 2.48 bits per heavy atom. The zero-order valence-electron chi connectivity index (χ0n) is 13.9. The fourth-order valence-corrected chi connectivity index (χ4v) is 2.67. The van der Waals surface area contributed by atoms with E-state index in [1.807, 2.05) is 19.1 Å². The van der Waals surface area contributed by atoms with Crippen LogP contribution in [0.2, 0.25) is 0 Å². The van der Waals surface area contributed by atoms with E-state index >= 15 is 0 Å². The summed E-state index contributed by atoms with van der Waals surface area (Å²) in [5, 5.41) is 2.92. The number of carbonyl (C=O) groups excluding carboxylic acids is 1. The first-order chi connectivity index (χ1) is 10.5. The predicted octanol–water partition coefficient (Wildman–Crippen LogP) is 2.09. The number of aryl methyl sites for hydroxylation is 1. The Morgan fingerprint density at radius 2 is 1.96 bits per heavy atom. The van der Waals surface area contributed by atoms with Gasteiger partial charge in [-0.25, -0.2) is 4.39 Å². The van der Waals surface area contributed by atoms with E-state index in [2.05, 4.69) is 5.32 Å². The lowest BCUT2D eigenvalue weighted by Gasteiger charge is -2.22. The van der Waals surface area contributed by atoms with Crippen LogP contribution < -0.4 is 14.8 Å². The smallest absolute Gasteiger partial charge is 0.239 e. The van der Waals surface area contributed by atoms with Crippen molar-refractivity contribution >= 4 is 18.3 Å². The van der Waals surface area contributed by atoms with E-state index in [1.165, 1.54) is 0 Å². The second-order valence-corrected chi connectivity index (χ2v) is 5.62. The number of methoxy groups -OCH3 is 2. The molecule has 1 aromatic rings. The highest BCUT2D eigenvalue weighted by atomic mass is 35.5. The van der Waals surface area contributed by atoms with Gasteiger partial charge in [-0.1, -0.05) is 0 Å². The van der Waals surface area contributed by atoms with Gasteiger partial charge in [-0.05, 0) is 30.2 Å². The number of nitrogens with one attached hydrogen (secondary N) is 1. The number of nitrogens with zero attached hydrogens (tertiary/aromatic N) is 1. The monoisotopic (exact) mass is 346 g/mol. The van der Waals surface area contributed by atoms with Gasteiger partial charge in [-0.15, -0.1) is 12.4 Å². The molecule has 2 atom stereocenters. The first kappa shape index (κ1) is 19.5. The van der Waals surface area contributed by atoms with Crippen LogP contribution in [0.3, 0.4) is 0 Å². The zero-order valence-corrected chi connectivity index (χ0v) is 14.7. The van der Waals surface area contributed by atoms with Crippen molar-refractivity contribution in [2.75, 3.05) is 27.8 Å². The Labute approximate surface area is 142 Å². The fraction of sp³-hybridized carbons (Fsp3) is 0.562. The Kier molecular flexibility index (Phi) is 7.09. The summed E-state index contributed by atoms with van der Waals surface area (Å²) >= 11 is 0. The Bertz CT molecular complexity index is 556. The number of amides is 1. The van der Waals surface area contributed by atoms with Crippen LogP contribution in [0.15, 0.2) is 12.1 Å². The largest absolute Gasteiger partial charge is 0.493 e. The van der Waals surface area contributed by atoms with E-state index < -0.39 is 12.2 Å². The molecule has 0 unspecified atom stereocenters. The van der Waals surface area contributed by atoms with Crippen molar-refractivity contribution in [2.45, 2.75) is 32.1 Å². The van der Waals surface area contributed by atoms with E-state index in [-0.39, 0.29) is 31.3 Å². The molecule has 0 spiro atoms. The molecule has 130 valence electrons. The van der Waals surface area contributed by atoms with Crippen molar-refractivity contribution in [3.05, 3.63) is 23.3 Å². The van der Waals surface area contributed by atoms with Gasteiger partial charge in [0.25, 0.3) is 0 Å². The highest BCUT2D eigenvalue weighted by Crippen LogP contribution is 2.30. The first-order valence-corrected chi connectivity index (χ1v) is 7.30. The van der Waals surface area contributed by atoms with Crippen LogP contribution in [0.25, 0.3) is 0 Å². The normalized spacial score (nSPS) is 19.9. The second-order valence-electron chi connectivity index (χ2n) is 5.62. The summed E-state index contributed by atoms with van der Waals surface area (Å²) in [7, 11) is 4.90. The van der Waals surface area contributed by atoms with Gasteiger partial charge in [0, 0.05) is 26.6 Å². The molecule has 1 aliphatic heterocycles. The highest BCUT2D eigenvalue weighted by Gasteiger charge is 2.31. The van der Waals surface area contributed by atoms with E-state index in [1.54, 1.807) is 26.2 Å². The summed E-state index contributed by atoms with van der Waals surface area (Å²) in [5.74, 6) is 1.21. The number of ether oxygens (including phenoxy) is 2. The minimum Gasteiger partial charge on any atom is -0.493 e. The number of rotatable bonds is 5. The molecule has 1 heterocycles. The Morgan fingerprint density at radius 1 is 1.35 bits per heavy atom. The molecule has 0 aliphatic carbocycles. The van der Waals surface area contributed by atoms with Crippen molar-refractivity contribution in [1.82, 2.24) is 10.2 Å². The third kappa shape index (κ3) is 4.48. The van der Waals surface area contributed by atoms with Crippen LogP contribution in [-0.4, -0.2) is 50.8 Å². The van der Waals surface area contributed by atoms with Gasteiger partial charge in [0.05, 0.1) is 20.3 Å². The van der Waals surface area contributed by atoms with Gasteiger partial charge >= 0.3 is 0 Å². The summed E-state index contributed by atoms with van der Waals surface area (Å²) < 4.78 is 23.8. The molecule has 0 aromatic heterocycles. The number of benzene rings is 1. The molecule has 1 amide bonds. The molecule has 7 heteroatoms. The van der Waals surface area contributed by atoms with Gasteiger partial charge in [0.1, 0.15) is 6.17 Å². The van der Waals surface area contributed by atoms with Crippen LogP contribution in [0.5, 0.6) is 11.5 Å². The molecule has 2 rings (SSSR count). The predicted molar refractivity (Wildman–Crippen MR) is 89.3 cm³/mol. The minimum atomic E-state index is -0.940. The van der Waals surface area contributed by atoms with Crippen LogP contribution in [0.1, 0.15) is 17.5 Å². The lowest BCUT2D eigenvalue weighted by Crippen LogP contribution is -2.41. The quantitative estimate of drug-likeness (QED) is 0.887. The van der Waals surface area contributed by atoms with Crippen LogP contribution in [-0.2, 0) is 11.3 Å². The van der Waals surface area contributed by atoms with E-state index in [4.69, 9.17) is 9.47 Å². The lowest BCUT2D eigenvalue weighted by atomic mass is 10.1. The summed E-state index contributed by atoms with van der Waals surface area (Å²) in [6, 6.07) is 3.33. The average Bonchev–Trinajstić information content (AvgIpc) is 2.94. The molecule has 5 nitrogen and oxygen atoms in total. The SMILES string of the molecule is COc1cc(C)c(CN(C)C(=O)[C@H]2C[C@H](F)CN2)cc1OC.Cl. The maximum Gasteiger partial charge on any atom is 0.239 e. The van der Waals surface area contributed by atoms with Crippen LogP contribution in [0, 0.1) is 6.92 Å². The maximum absolute atomic E-state index is 13.2. The molecule has 1 fully saturated rings. The molecule has 1 aliphatic rings. The fourth-order valence-electron chi connectivity index (χ4n) is 2.67. The van der Waals surface area contributed by atoms with Crippen molar-refractivity contribution < 1.29 is 18.7 Å². The van der Waals surface area contributed by atoms with Crippen molar-refractivity contribution in [1.29, 1.82) is 0 Å². The second kappa shape index (κ2) is 8.36.